The molecule has 0 spiro atoms. The number of rotatable bonds is 5. The number of nitro groups is 1. The van der Waals surface area contributed by atoms with Gasteiger partial charge in [-0.25, -0.2) is 14.2 Å². The Morgan fingerprint density at radius 3 is 2.65 bits per heavy atom. The number of nitrogens with zero attached hydrogens (tertiary/aromatic N) is 3. The zero-order valence-electron chi connectivity index (χ0n) is 13.9. The number of aromatic nitrogens is 2. The molecule has 0 saturated carbocycles. The fourth-order valence-electron chi connectivity index (χ4n) is 2.58. The van der Waals surface area contributed by atoms with Gasteiger partial charge in [-0.15, -0.1) is 0 Å². The van der Waals surface area contributed by atoms with Gasteiger partial charge < -0.3 is 15.2 Å². The minimum Gasteiger partial charge on any atom is -0.337 e. The van der Waals surface area contributed by atoms with E-state index in [1.54, 1.807) is 23.7 Å². The lowest BCUT2D eigenvalue weighted by atomic mass is 10.3. The van der Waals surface area contributed by atoms with Crippen molar-refractivity contribution in [2.24, 2.45) is 7.05 Å². The molecule has 0 saturated heterocycles. The average molecular weight is 357 g/mol. The van der Waals surface area contributed by atoms with Crippen molar-refractivity contribution in [3.05, 3.63) is 64.2 Å². The van der Waals surface area contributed by atoms with Crippen LogP contribution in [-0.2, 0) is 13.5 Å². The van der Waals surface area contributed by atoms with Gasteiger partial charge in [0.1, 0.15) is 11.3 Å². The lowest BCUT2D eigenvalue weighted by Gasteiger charge is -2.07. The fraction of sp³-hybridized carbons (Fsp3) is 0.176. The third-order valence-corrected chi connectivity index (χ3v) is 3.93. The van der Waals surface area contributed by atoms with Crippen molar-refractivity contribution in [1.82, 2.24) is 14.9 Å². The lowest BCUT2D eigenvalue weighted by Crippen LogP contribution is -2.30. The molecule has 1 heterocycles. The summed E-state index contributed by atoms with van der Waals surface area (Å²) in [6.07, 6.45) is 0.429. The molecule has 3 aromatic rings. The number of carbonyl (C=O) groups excluding carboxylic acids is 1. The fourth-order valence-corrected chi connectivity index (χ4v) is 2.58. The SMILES string of the molecule is Cn1c(CCNC(=O)Nc2ccc([N+](=O)[O-])cc2)nc2c(F)cccc21. The number of nitro benzene ring substituents is 1. The van der Waals surface area contributed by atoms with Crippen LogP contribution in [-0.4, -0.2) is 27.1 Å². The van der Waals surface area contributed by atoms with Crippen LogP contribution in [0.5, 0.6) is 0 Å². The van der Waals surface area contributed by atoms with E-state index in [2.05, 4.69) is 15.6 Å². The molecular formula is C17H16FN5O3. The first-order valence-corrected chi connectivity index (χ1v) is 7.85. The monoisotopic (exact) mass is 357 g/mol. The Bertz CT molecular complexity index is 968. The normalized spacial score (nSPS) is 10.7. The van der Waals surface area contributed by atoms with Gasteiger partial charge in [-0.3, -0.25) is 10.1 Å². The van der Waals surface area contributed by atoms with Crippen LogP contribution < -0.4 is 10.6 Å². The first-order valence-electron chi connectivity index (χ1n) is 7.85. The number of imidazole rings is 1. The third-order valence-electron chi connectivity index (χ3n) is 3.93. The van der Waals surface area contributed by atoms with E-state index < -0.39 is 11.0 Å². The summed E-state index contributed by atoms with van der Waals surface area (Å²) in [6, 6.07) is 9.84. The third kappa shape index (κ3) is 3.61. The number of hydrogen-bond acceptors (Lipinski definition) is 4. The van der Waals surface area contributed by atoms with Gasteiger partial charge in [0, 0.05) is 37.8 Å². The van der Waals surface area contributed by atoms with Crippen LogP contribution in [0.25, 0.3) is 11.0 Å². The number of halogens is 1. The van der Waals surface area contributed by atoms with E-state index in [9.17, 15) is 19.3 Å². The zero-order valence-corrected chi connectivity index (χ0v) is 13.9. The second-order valence-electron chi connectivity index (χ2n) is 5.63. The van der Waals surface area contributed by atoms with Gasteiger partial charge in [0.25, 0.3) is 5.69 Å². The number of nitrogens with one attached hydrogen (secondary N) is 2. The predicted octanol–water partition coefficient (Wildman–Crippen LogP) is 2.98. The Balaban J connectivity index is 1.56. The van der Waals surface area contributed by atoms with Crippen LogP contribution in [0.15, 0.2) is 42.5 Å². The van der Waals surface area contributed by atoms with E-state index in [0.717, 1.165) is 0 Å². The highest BCUT2D eigenvalue weighted by molar-refractivity contribution is 5.89. The molecule has 0 fully saturated rings. The molecule has 26 heavy (non-hydrogen) atoms. The highest BCUT2D eigenvalue weighted by Crippen LogP contribution is 2.18. The van der Waals surface area contributed by atoms with Crippen molar-refractivity contribution < 1.29 is 14.1 Å². The van der Waals surface area contributed by atoms with Crippen molar-refractivity contribution in [1.29, 1.82) is 0 Å². The van der Waals surface area contributed by atoms with Gasteiger partial charge in [-0.05, 0) is 24.3 Å². The molecule has 1 aromatic heterocycles. The van der Waals surface area contributed by atoms with Gasteiger partial charge in [0.2, 0.25) is 0 Å². The molecule has 0 atom stereocenters. The average Bonchev–Trinajstić information content (AvgIpc) is 2.93. The van der Waals surface area contributed by atoms with E-state index in [-0.39, 0.29) is 11.5 Å². The number of carbonyl (C=O) groups is 1. The number of anilines is 1. The van der Waals surface area contributed by atoms with Crippen molar-refractivity contribution >= 4 is 28.4 Å². The van der Waals surface area contributed by atoms with Crippen LogP contribution in [0.2, 0.25) is 0 Å². The molecule has 2 aromatic carbocycles. The molecule has 134 valence electrons. The maximum atomic E-state index is 13.8. The maximum absolute atomic E-state index is 13.8. The zero-order chi connectivity index (χ0) is 18.7. The highest BCUT2D eigenvalue weighted by atomic mass is 19.1. The topological polar surface area (TPSA) is 102 Å². The molecule has 0 aliphatic carbocycles. The minimum absolute atomic E-state index is 0.0509. The number of urea groups is 1. The molecule has 2 amide bonds. The largest absolute Gasteiger partial charge is 0.337 e. The number of benzene rings is 2. The molecule has 2 N–H and O–H groups in total. The standard InChI is InChI=1S/C17H16FN5O3/c1-22-14-4-2-3-13(18)16(14)21-15(22)9-10-19-17(24)20-11-5-7-12(8-6-11)23(25)26/h2-8H,9-10H2,1H3,(H2,19,20,24). The smallest absolute Gasteiger partial charge is 0.319 e. The van der Waals surface area contributed by atoms with Crippen LogP contribution in [0.3, 0.4) is 0 Å². The molecule has 0 bridgehead atoms. The van der Waals surface area contributed by atoms with Crippen LogP contribution in [0.1, 0.15) is 5.82 Å². The molecule has 9 heteroatoms. The van der Waals surface area contributed by atoms with Crippen LogP contribution >= 0.6 is 0 Å². The highest BCUT2D eigenvalue weighted by Gasteiger charge is 2.11. The Morgan fingerprint density at radius 1 is 1.27 bits per heavy atom. The predicted molar refractivity (Wildman–Crippen MR) is 94.5 cm³/mol. The molecule has 0 unspecified atom stereocenters. The molecule has 3 rings (SSSR count). The molecule has 0 aliphatic heterocycles. The van der Waals surface area contributed by atoms with Crippen molar-refractivity contribution in [3.63, 3.8) is 0 Å². The summed E-state index contributed by atoms with van der Waals surface area (Å²) < 4.78 is 15.5. The van der Waals surface area contributed by atoms with E-state index in [4.69, 9.17) is 0 Å². The van der Waals surface area contributed by atoms with Gasteiger partial charge in [0.05, 0.1) is 10.4 Å². The molecule has 8 nitrogen and oxygen atoms in total. The van der Waals surface area contributed by atoms with Crippen molar-refractivity contribution in [3.8, 4) is 0 Å². The number of non-ortho nitro benzene ring substituents is 1. The van der Waals surface area contributed by atoms with E-state index >= 15 is 0 Å². The van der Waals surface area contributed by atoms with Gasteiger partial charge >= 0.3 is 6.03 Å². The molecule has 0 aliphatic rings. The van der Waals surface area contributed by atoms with Crippen molar-refractivity contribution in [2.75, 3.05) is 11.9 Å². The Hall–Kier alpha value is -3.49. The summed E-state index contributed by atoms with van der Waals surface area (Å²) in [4.78, 5) is 26.2. The number of aryl methyl sites for hydroxylation is 1. The summed E-state index contributed by atoms with van der Waals surface area (Å²) in [5, 5.41) is 15.9. The molecule has 0 radical (unpaired) electrons. The first kappa shape index (κ1) is 17.3. The molecular weight excluding hydrogens is 341 g/mol. The van der Waals surface area contributed by atoms with Crippen LogP contribution in [0, 0.1) is 15.9 Å². The second kappa shape index (κ2) is 7.18. The summed E-state index contributed by atoms with van der Waals surface area (Å²) in [5.41, 5.74) is 1.39. The second-order valence-corrected chi connectivity index (χ2v) is 5.63. The maximum Gasteiger partial charge on any atom is 0.319 e. The van der Waals surface area contributed by atoms with E-state index in [1.165, 1.54) is 30.3 Å². The first-order chi connectivity index (χ1) is 12.5. The quantitative estimate of drug-likeness (QED) is 0.541. The van der Waals surface area contributed by atoms with Gasteiger partial charge in [-0.1, -0.05) is 6.07 Å². The number of hydrogen-bond donors (Lipinski definition) is 2. The Labute approximate surface area is 147 Å². The van der Waals surface area contributed by atoms with Gasteiger partial charge in [-0.2, -0.15) is 0 Å². The Kier molecular flexibility index (Phi) is 4.78. The summed E-state index contributed by atoms with van der Waals surface area (Å²) >= 11 is 0. The van der Waals surface area contributed by atoms with Crippen LogP contribution in [0.4, 0.5) is 20.6 Å². The minimum atomic E-state index is -0.510. The Morgan fingerprint density at radius 2 is 2.00 bits per heavy atom. The van der Waals surface area contributed by atoms with Crippen molar-refractivity contribution in [2.45, 2.75) is 6.42 Å². The summed E-state index contributed by atoms with van der Waals surface area (Å²) in [5.74, 6) is 0.272. The number of para-hydroxylation sites is 1. The number of amides is 2. The van der Waals surface area contributed by atoms with E-state index in [1.807, 2.05) is 0 Å². The summed E-state index contributed by atoms with van der Waals surface area (Å²) in [6.45, 7) is 0.303. The number of fused-ring (bicyclic) bond motifs is 1. The van der Waals surface area contributed by atoms with Gasteiger partial charge in [0.15, 0.2) is 5.82 Å². The lowest BCUT2D eigenvalue weighted by molar-refractivity contribution is -0.384. The summed E-state index contributed by atoms with van der Waals surface area (Å²) in [7, 11) is 1.79. The van der Waals surface area contributed by atoms with E-state index in [0.29, 0.717) is 35.5 Å².